The fourth-order valence-electron chi connectivity index (χ4n) is 2.81. The number of hydrogen-bond donors (Lipinski definition) is 0. The van der Waals surface area contributed by atoms with Gasteiger partial charge in [-0.1, -0.05) is 30.3 Å². The number of nitriles is 1. The molecule has 1 aliphatic rings. The lowest BCUT2D eigenvalue weighted by Crippen LogP contribution is -2.33. The Morgan fingerprint density at radius 1 is 1.05 bits per heavy atom. The van der Waals surface area contributed by atoms with Crippen molar-refractivity contribution < 1.29 is 0 Å². The van der Waals surface area contributed by atoms with Crippen LogP contribution in [0.4, 0.5) is 5.82 Å². The maximum atomic E-state index is 8.80. The van der Waals surface area contributed by atoms with E-state index in [1.165, 1.54) is 5.56 Å². The molecular formula is C17H17N3. The van der Waals surface area contributed by atoms with E-state index < -0.39 is 0 Å². The van der Waals surface area contributed by atoms with Gasteiger partial charge in [0, 0.05) is 19.3 Å². The van der Waals surface area contributed by atoms with Gasteiger partial charge in [0.25, 0.3) is 0 Å². The van der Waals surface area contributed by atoms with E-state index in [1.54, 1.807) is 6.20 Å². The summed E-state index contributed by atoms with van der Waals surface area (Å²) >= 11 is 0. The molecule has 1 fully saturated rings. The van der Waals surface area contributed by atoms with Gasteiger partial charge in [0.1, 0.15) is 11.9 Å². The van der Waals surface area contributed by atoms with Crippen LogP contribution >= 0.6 is 0 Å². The molecule has 0 atom stereocenters. The quantitative estimate of drug-likeness (QED) is 0.834. The van der Waals surface area contributed by atoms with Crippen LogP contribution < -0.4 is 4.90 Å². The van der Waals surface area contributed by atoms with Crippen molar-refractivity contribution in [1.82, 2.24) is 4.98 Å². The molecule has 0 radical (unpaired) electrons. The van der Waals surface area contributed by atoms with Gasteiger partial charge in [-0.2, -0.15) is 5.26 Å². The Morgan fingerprint density at radius 2 is 1.80 bits per heavy atom. The van der Waals surface area contributed by atoms with Crippen LogP contribution in [0, 0.1) is 11.3 Å². The largest absolute Gasteiger partial charge is 0.357 e. The average Bonchev–Trinajstić information content (AvgIpc) is 2.56. The van der Waals surface area contributed by atoms with Gasteiger partial charge in [-0.05, 0) is 36.5 Å². The van der Waals surface area contributed by atoms with Crippen molar-refractivity contribution in [3.63, 3.8) is 0 Å². The Morgan fingerprint density at radius 3 is 2.40 bits per heavy atom. The number of pyridine rings is 1. The molecule has 0 spiro atoms. The Kier molecular flexibility index (Phi) is 3.64. The van der Waals surface area contributed by atoms with Crippen LogP contribution in [0.25, 0.3) is 0 Å². The summed E-state index contributed by atoms with van der Waals surface area (Å²) in [6.45, 7) is 2.05. The monoisotopic (exact) mass is 263 g/mol. The summed E-state index contributed by atoms with van der Waals surface area (Å²) in [7, 11) is 0. The number of benzene rings is 1. The molecule has 0 unspecified atom stereocenters. The summed E-state index contributed by atoms with van der Waals surface area (Å²) in [4.78, 5) is 6.68. The first-order chi connectivity index (χ1) is 9.86. The highest BCUT2D eigenvalue weighted by Crippen LogP contribution is 2.29. The van der Waals surface area contributed by atoms with Crippen molar-refractivity contribution in [3.8, 4) is 6.07 Å². The standard InChI is InChI=1S/C17H17N3/c18-12-14-6-7-17(19-13-14)20-10-8-16(9-11-20)15-4-2-1-3-5-15/h1-7,13,16H,8-11H2. The van der Waals surface area contributed by atoms with Crippen LogP contribution in [0.3, 0.4) is 0 Å². The third kappa shape index (κ3) is 2.65. The van der Waals surface area contributed by atoms with E-state index in [1.807, 2.05) is 12.1 Å². The van der Waals surface area contributed by atoms with E-state index >= 15 is 0 Å². The van der Waals surface area contributed by atoms with Crippen LogP contribution in [0.5, 0.6) is 0 Å². The van der Waals surface area contributed by atoms with Crippen molar-refractivity contribution in [2.75, 3.05) is 18.0 Å². The van der Waals surface area contributed by atoms with Crippen LogP contribution in [0.2, 0.25) is 0 Å². The second kappa shape index (κ2) is 5.75. The molecule has 2 aromatic rings. The number of nitrogens with zero attached hydrogens (tertiary/aromatic N) is 3. The van der Waals surface area contributed by atoms with Gasteiger partial charge < -0.3 is 4.90 Å². The van der Waals surface area contributed by atoms with Crippen LogP contribution in [-0.2, 0) is 0 Å². The van der Waals surface area contributed by atoms with E-state index in [-0.39, 0.29) is 0 Å². The predicted molar refractivity (Wildman–Crippen MR) is 79.6 cm³/mol. The van der Waals surface area contributed by atoms with Crippen LogP contribution in [0.15, 0.2) is 48.7 Å². The van der Waals surface area contributed by atoms with Crippen LogP contribution in [-0.4, -0.2) is 18.1 Å². The first-order valence-electron chi connectivity index (χ1n) is 7.03. The minimum atomic E-state index is 0.618. The minimum absolute atomic E-state index is 0.618. The molecule has 3 heteroatoms. The molecule has 1 saturated heterocycles. The highest BCUT2D eigenvalue weighted by molar-refractivity contribution is 5.42. The zero-order valence-corrected chi connectivity index (χ0v) is 11.4. The normalized spacial score (nSPS) is 15.8. The maximum absolute atomic E-state index is 8.80. The number of piperidine rings is 1. The van der Waals surface area contributed by atoms with E-state index in [9.17, 15) is 0 Å². The van der Waals surface area contributed by atoms with E-state index in [0.29, 0.717) is 11.5 Å². The molecule has 3 nitrogen and oxygen atoms in total. The van der Waals surface area contributed by atoms with E-state index in [4.69, 9.17) is 5.26 Å². The first-order valence-corrected chi connectivity index (χ1v) is 7.03. The fourth-order valence-corrected chi connectivity index (χ4v) is 2.81. The van der Waals surface area contributed by atoms with Gasteiger partial charge in [-0.15, -0.1) is 0 Å². The molecule has 0 amide bonds. The average molecular weight is 263 g/mol. The van der Waals surface area contributed by atoms with Gasteiger partial charge in [-0.25, -0.2) is 4.98 Å². The smallest absolute Gasteiger partial charge is 0.128 e. The summed E-state index contributed by atoms with van der Waals surface area (Å²) in [5.74, 6) is 1.64. The van der Waals surface area contributed by atoms with Gasteiger partial charge in [-0.3, -0.25) is 0 Å². The van der Waals surface area contributed by atoms with Crippen molar-refractivity contribution in [2.45, 2.75) is 18.8 Å². The zero-order chi connectivity index (χ0) is 13.8. The Balaban J connectivity index is 1.65. The summed E-state index contributed by atoms with van der Waals surface area (Å²) in [5.41, 5.74) is 2.06. The van der Waals surface area contributed by atoms with Gasteiger partial charge >= 0.3 is 0 Å². The SMILES string of the molecule is N#Cc1ccc(N2CCC(c3ccccc3)CC2)nc1. The fraction of sp³-hybridized carbons (Fsp3) is 0.294. The molecule has 0 aliphatic carbocycles. The minimum Gasteiger partial charge on any atom is -0.357 e. The van der Waals surface area contributed by atoms with Gasteiger partial charge in [0.15, 0.2) is 0 Å². The van der Waals surface area contributed by atoms with Crippen molar-refractivity contribution in [3.05, 3.63) is 59.8 Å². The summed E-state index contributed by atoms with van der Waals surface area (Å²) in [6, 6.07) is 16.6. The molecule has 3 rings (SSSR count). The molecule has 100 valence electrons. The maximum Gasteiger partial charge on any atom is 0.128 e. The van der Waals surface area contributed by atoms with E-state index in [0.717, 1.165) is 31.7 Å². The molecule has 1 aliphatic heterocycles. The van der Waals surface area contributed by atoms with Crippen molar-refractivity contribution in [1.29, 1.82) is 5.26 Å². The molecule has 2 heterocycles. The van der Waals surface area contributed by atoms with Gasteiger partial charge in [0.2, 0.25) is 0 Å². The highest BCUT2D eigenvalue weighted by Gasteiger charge is 2.21. The second-order valence-electron chi connectivity index (χ2n) is 5.19. The number of hydrogen-bond acceptors (Lipinski definition) is 3. The predicted octanol–water partition coefficient (Wildman–Crippen LogP) is 3.34. The lowest BCUT2D eigenvalue weighted by atomic mass is 9.89. The van der Waals surface area contributed by atoms with Gasteiger partial charge in [0.05, 0.1) is 5.56 Å². The number of anilines is 1. The summed E-state index contributed by atoms with van der Waals surface area (Å²) < 4.78 is 0. The molecular weight excluding hydrogens is 246 g/mol. The highest BCUT2D eigenvalue weighted by atomic mass is 15.2. The Hall–Kier alpha value is -2.34. The third-order valence-corrected chi connectivity index (χ3v) is 3.97. The number of aromatic nitrogens is 1. The Labute approximate surface area is 119 Å². The molecule has 1 aromatic carbocycles. The summed E-state index contributed by atoms with van der Waals surface area (Å²) in [6.07, 6.45) is 3.97. The van der Waals surface area contributed by atoms with Crippen molar-refractivity contribution >= 4 is 5.82 Å². The molecule has 0 N–H and O–H groups in total. The van der Waals surface area contributed by atoms with E-state index in [2.05, 4.69) is 46.3 Å². The molecule has 20 heavy (non-hydrogen) atoms. The third-order valence-electron chi connectivity index (χ3n) is 3.97. The first kappa shape index (κ1) is 12.7. The molecule has 0 saturated carbocycles. The Bertz CT molecular complexity index is 590. The molecule has 0 bridgehead atoms. The van der Waals surface area contributed by atoms with Crippen molar-refractivity contribution in [2.24, 2.45) is 0 Å². The number of rotatable bonds is 2. The lowest BCUT2D eigenvalue weighted by molar-refractivity contribution is 0.503. The topological polar surface area (TPSA) is 39.9 Å². The second-order valence-corrected chi connectivity index (χ2v) is 5.19. The molecule has 1 aromatic heterocycles. The van der Waals surface area contributed by atoms with Crippen LogP contribution in [0.1, 0.15) is 29.9 Å². The zero-order valence-electron chi connectivity index (χ0n) is 11.4. The lowest BCUT2D eigenvalue weighted by Gasteiger charge is -2.33. The summed E-state index contributed by atoms with van der Waals surface area (Å²) in [5, 5.41) is 8.80.